The van der Waals surface area contributed by atoms with E-state index in [-0.39, 0.29) is 12.0 Å². The second kappa shape index (κ2) is 8.98. The molecule has 4 rings (SSSR count). The van der Waals surface area contributed by atoms with Crippen molar-refractivity contribution in [1.29, 1.82) is 0 Å². The molecule has 1 heterocycles. The number of aliphatic hydroxyl groups excluding tert-OH is 2. The van der Waals surface area contributed by atoms with Crippen LogP contribution < -0.4 is 0 Å². The Morgan fingerprint density at radius 2 is 1.97 bits per heavy atom. The summed E-state index contributed by atoms with van der Waals surface area (Å²) in [6.45, 7) is 9.31. The topological polar surface area (TPSA) is 163 Å². The molecule has 0 bridgehead atoms. The second-order valence-corrected chi connectivity index (χ2v) is 11.4. The third-order valence-electron chi connectivity index (χ3n) is 9.44. The zero-order valence-corrected chi connectivity index (χ0v) is 22.1. The molecular formula is C27H38O10. The van der Waals surface area contributed by atoms with Crippen molar-refractivity contribution in [3.63, 3.8) is 0 Å². The first kappa shape index (κ1) is 27.9. The summed E-state index contributed by atoms with van der Waals surface area (Å²) in [5.74, 6) is -5.37. The van der Waals surface area contributed by atoms with Crippen molar-refractivity contribution in [3.05, 3.63) is 23.8 Å². The number of allylic oxidation sites excluding steroid dienone is 1. The molecule has 0 aromatic heterocycles. The summed E-state index contributed by atoms with van der Waals surface area (Å²) in [5, 5.41) is 45.7. The third-order valence-corrected chi connectivity index (χ3v) is 9.44. The van der Waals surface area contributed by atoms with Gasteiger partial charge in [-0.25, -0.2) is 4.79 Å². The number of ether oxygens (including phenoxy) is 3. The average molecular weight is 523 g/mol. The molecule has 0 radical (unpaired) electrons. The van der Waals surface area contributed by atoms with Crippen LogP contribution in [0.15, 0.2) is 23.8 Å². The maximum atomic E-state index is 13.2. The standard InChI is InChI=1S/C27H38O10/c1-7-9-18(29)35-17-11-25(33)16-10-14(4)20(30)27(16,34)23(32)26(12-28)21(36-26)19(25)15(5)24(17,6)37-22(31)13(3)8-2/h7,9-10,13,15-17,19,21,23,28,32-34H,8,11-12H2,1-6H3/b9-7+. The van der Waals surface area contributed by atoms with Crippen LogP contribution in [-0.4, -0.2) is 85.5 Å². The van der Waals surface area contributed by atoms with Crippen molar-refractivity contribution in [2.75, 3.05) is 6.61 Å². The number of aliphatic hydroxyl groups is 4. The molecule has 0 aromatic rings. The quantitative estimate of drug-likeness (QED) is 0.221. The number of carbonyl (C=O) groups excluding carboxylic acids is 3. The van der Waals surface area contributed by atoms with E-state index in [4.69, 9.17) is 14.2 Å². The zero-order valence-electron chi connectivity index (χ0n) is 22.1. The van der Waals surface area contributed by atoms with Gasteiger partial charge in [0.2, 0.25) is 0 Å². The Hall–Kier alpha value is -2.11. The van der Waals surface area contributed by atoms with E-state index in [1.165, 1.54) is 25.2 Å². The molecular weight excluding hydrogens is 484 g/mol. The number of epoxide rings is 1. The van der Waals surface area contributed by atoms with Crippen molar-refractivity contribution in [2.24, 2.45) is 23.7 Å². The molecule has 11 atom stereocenters. The van der Waals surface area contributed by atoms with E-state index < -0.39 is 88.7 Å². The Labute approximate surface area is 216 Å². The van der Waals surface area contributed by atoms with Gasteiger partial charge in [0.1, 0.15) is 23.4 Å². The van der Waals surface area contributed by atoms with Crippen LogP contribution in [0.2, 0.25) is 0 Å². The number of ketones is 1. The molecule has 1 aliphatic heterocycles. The van der Waals surface area contributed by atoms with Gasteiger partial charge in [0, 0.05) is 30.3 Å². The highest BCUT2D eigenvalue weighted by atomic mass is 16.6. The molecule has 10 nitrogen and oxygen atoms in total. The van der Waals surface area contributed by atoms with E-state index in [9.17, 15) is 34.8 Å². The molecule has 10 heteroatoms. The fourth-order valence-electron chi connectivity index (χ4n) is 6.81. The summed E-state index contributed by atoms with van der Waals surface area (Å²) in [7, 11) is 0. The van der Waals surface area contributed by atoms with E-state index >= 15 is 0 Å². The van der Waals surface area contributed by atoms with Crippen LogP contribution in [0.1, 0.15) is 54.4 Å². The normalized spacial score (nSPS) is 47.3. The molecule has 1 saturated heterocycles. The lowest BCUT2D eigenvalue weighted by molar-refractivity contribution is -0.257. The third kappa shape index (κ3) is 3.67. The SMILES string of the molecule is C/C=C/C(=O)OC1CC2(O)C(C(C)C1(C)OC(=O)C(C)CC)C1OC1(CO)C(O)C1(O)C(=O)C(C)=CC21. The monoisotopic (exact) mass is 522 g/mol. The molecule has 37 heavy (non-hydrogen) atoms. The minimum atomic E-state index is -2.47. The van der Waals surface area contributed by atoms with E-state index in [0.717, 1.165) is 0 Å². The summed E-state index contributed by atoms with van der Waals surface area (Å²) >= 11 is 0. The Balaban J connectivity index is 1.88. The predicted molar refractivity (Wildman–Crippen MR) is 129 cm³/mol. The predicted octanol–water partition coefficient (Wildman–Crippen LogP) is 0.590. The molecule has 0 amide bonds. The van der Waals surface area contributed by atoms with Gasteiger partial charge in [-0.1, -0.05) is 32.9 Å². The molecule has 0 spiro atoms. The van der Waals surface area contributed by atoms with Crippen LogP contribution in [0.25, 0.3) is 0 Å². The van der Waals surface area contributed by atoms with Gasteiger partial charge in [-0.05, 0) is 32.8 Å². The highest BCUT2D eigenvalue weighted by molar-refractivity contribution is 6.05. The Morgan fingerprint density at radius 1 is 1.32 bits per heavy atom. The minimum absolute atomic E-state index is 0.151. The van der Waals surface area contributed by atoms with Crippen LogP contribution >= 0.6 is 0 Å². The highest BCUT2D eigenvalue weighted by Crippen LogP contribution is 2.65. The maximum Gasteiger partial charge on any atom is 0.330 e. The molecule has 3 aliphatic carbocycles. The second-order valence-electron chi connectivity index (χ2n) is 11.4. The summed E-state index contributed by atoms with van der Waals surface area (Å²) in [4.78, 5) is 38.8. The summed E-state index contributed by atoms with van der Waals surface area (Å²) in [6, 6.07) is 0. The molecule has 0 aromatic carbocycles. The summed E-state index contributed by atoms with van der Waals surface area (Å²) < 4.78 is 17.6. The summed E-state index contributed by atoms with van der Waals surface area (Å²) in [6.07, 6.45) is 0.379. The number of hydrogen-bond donors (Lipinski definition) is 4. The van der Waals surface area contributed by atoms with Crippen LogP contribution in [0.4, 0.5) is 0 Å². The number of fused-ring (bicyclic) bond motifs is 5. The molecule has 3 fully saturated rings. The number of rotatable bonds is 6. The van der Waals surface area contributed by atoms with Gasteiger partial charge >= 0.3 is 11.9 Å². The van der Waals surface area contributed by atoms with Crippen LogP contribution in [0, 0.1) is 23.7 Å². The number of hydrogen-bond acceptors (Lipinski definition) is 10. The lowest BCUT2D eigenvalue weighted by Crippen LogP contribution is -2.69. The van der Waals surface area contributed by atoms with E-state index in [1.54, 1.807) is 27.7 Å². The van der Waals surface area contributed by atoms with Crippen molar-refractivity contribution in [2.45, 2.75) is 95.1 Å². The number of esters is 2. The van der Waals surface area contributed by atoms with Gasteiger partial charge in [0.25, 0.3) is 0 Å². The molecule has 2 saturated carbocycles. The van der Waals surface area contributed by atoms with Crippen LogP contribution in [0.3, 0.4) is 0 Å². The lowest BCUT2D eigenvalue weighted by Gasteiger charge is -2.56. The Bertz CT molecular complexity index is 1050. The Kier molecular flexibility index (Phi) is 6.78. The number of Topliss-reactive ketones (excluding diaryl/α,β-unsaturated/α-hetero) is 1. The van der Waals surface area contributed by atoms with Gasteiger partial charge in [-0.3, -0.25) is 9.59 Å². The summed E-state index contributed by atoms with van der Waals surface area (Å²) in [5.41, 5.74) is -7.37. The molecule has 11 unspecified atom stereocenters. The molecule has 206 valence electrons. The first-order valence-electron chi connectivity index (χ1n) is 12.9. The highest BCUT2D eigenvalue weighted by Gasteiger charge is 2.82. The first-order valence-corrected chi connectivity index (χ1v) is 12.9. The maximum absolute atomic E-state index is 13.2. The van der Waals surface area contributed by atoms with E-state index in [1.807, 2.05) is 6.92 Å². The average Bonchev–Trinajstić information content (AvgIpc) is 3.53. The van der Waals surface area contributed by atoms with Crippen molar-refractivity contribution < 1.29 is 49.0 Å². The van der Waals surface area contributed by atoms with Crippen LogP contribution in [-0.2, 0) is 28.6 Å². The molecule has 4 aliphatic rings. The lowest BCUT2D eigenvalue weighted by atomic mass is 9.56. The fourth-order valence-corrected chi connectivity index (χ4v) is 6.81. The number of carbonyl (C=O) groups is 3. The van der Waals surface area contributed by atoms with Crippen molar-refractivity contribution in [1.82, 2.24) is 0 Å². The molecule has 4 N–H and O–H groups in total. The Morgan fingerprint density at radius 3 is 2.54 bits per heavy atom. The van der Waals surface area contributed by atoms with E-state index in [0.29, 0.717) is 6.42 Å². The van der Waals surface area contributed by atoms with Gasteiger partial charge < -0.3 is 34.6 Å². The minimum Gasteiger partial charge on any atom is -0.455 e. The van der Waals surface area contributed by atoms with Crippen LogP contribution in [0.5, 0.6) is 0 Å². The largest absolute Gasteiger partial charge is 0.455 e. The zero-order chi connectivity index (χ0) is 27.7. The smallest absolute Gasteiger partial charge is 0.330 e. The van der Waals surface area contributed by atoms with Crippen molar-refractivity contribution in [3.8, 4) is 0 Å². The van der Waals surface area contributed by atoms with Gasteiger partial charge in [-0.15, -0.1) is 0 Å². The van der Waals surface area contributed by atoms with Crippen molar-refractivity contribution >= 4 is 17.7 Å². The van der Waals surface area contributed by atoms with Gasteiger partial charge in [0.15, 0.2) is 11.4 Å². The van der Waals surface area contributed by atoms with Gasteiger partial charge in [0.05, 0.1) is 24.2 Å². The fraction of sp³-hybridized carbons (Fsp3) is 0.741. The van der Waals surface area contributed by atoms with Gasteiger partial charge in [-0.2, -0.15) is 0 Å². The first-order chi connectivity index (χ1) is 17.2. The van der Waals surface area contributed by atoms with E-state index in [2.05, 4.69) is 0 Å².